The van der Waals surface area contributed by atoms with Gasteiger partial charge in [-0.05, 0) is 6.92 Å². The Kier molecular flexibility index (Phi) is 7.38. The van der Waals surface area contributed by atoms with E-state index in [-0.39, 0.29) is 0 Å². The minimum atomic E-state index is -0.793. The molecule has 0 amide bonds. The van der Waals surface area contributed by atoms with Gasteiger partial charge in [-0.15, -0.1) is 0 Å². The number of alkyl halides is 3. The number of halogens is 1. The van der Waals surface area contributed by atoms with Gasteiger partial charge in [-0.3, -0.25) is 4.98 Å². The van der Waals surface area contributed by atoms with Crippen LogP contribution in [-0.4, -0.2) is 25.0 Å². The number of rotatable bonds is 7. The van der Waals surface area contributed by atoms with Crippen LogP contribution in [0.25, 0.3) is 10.9 Å². The second kappa shape index (κ2) is 9.97. The van der Waals surface area contributed by atoms with Gasteiger partial charge in [0.2, 0.25) is 0 Å². The summed E-state index contributed by atoms with van der Waals surface area (Å²) >= 11 is -0.793. The number of aromatic nitrogens is 2. The quantitative estimate of drug-likeness (QED) is 0.257. The van der Waals surface area contributed by atoms with Crippen molar-refractivity contribution in [1.82, 2.24) is 9.55 Å². The molecule has 3 rings (SSSR count). The van der Waals surface area contributed by atoms with Gasteiger partial charge in [0.15, 0.2) is 0 Å². The zero-order valence-electron chi connectivity index (χ0n) is 17.3. The Hall–Kier alpha value is -2.00. The zero-order valence-corrected chi connectivity index (χ0v) is 19.5. The number of benzene rings is 1. The van der Waals surface area contributed by atoms with Gasteiger partial charge in [0.25, 0.3) is 0 Å². The molecule has 1 N–H and O–H groups in total. The van der Waals surface area contributed by atoms with Crippen LogP contribution in [0.5, 0.6) is 0 Å². The molecule has 28 heavy (non-hydrogen) atoms. The van der Waals surface area contributed by atoms with Crippen molar-refractivity contribution in [3.05, 3.63) is 59.5 Å². The van der Waals surface area contributed by atoms with E-state index < -0.39 is 19.8 Å². The molecule has 0 aliphatic carbocycles. The Balaban J connectivity index is 1.77. The van der Waals surface area contributed by atoms with Crippen molar-refractivity contribution in [3.63, 3.8) is 0 Å². The summed E-state index contributed by atoms with van der Waals surface area (Å²) in [5.74, 6) is 6.64. The molecule has 0 atom stereocenters. The van der Waals surface area contributed by atoms with Gasteiger partial charge < -0.3 is 0 Å². The van der Waals surface area contributed by atoms with Crippen LogP contribution in [0, 0.1) is 18.8 Å². The summed E-state index contributed by atoms with van der Waals surface area (Å²) in [5.41, 5.74) is 5.97. The van der Waals surface area contributed by atoms with E-state index in [0.29, 0.717) is 6.54 Å². The number of nitrogens with one attached hydrogen (secondary N) is 1. The first-order chi connectivity index (χ1) is 13.6. The molecule has 1 aromatic carbocycles. The standard InChI is InChI=1S/C24H30IN3/c1-5-25(6-2)18-20-10-11-24-21(16-20)17-23(28(24)7-3)9-8-13-27-22-12-14-26-19(4)15-22/h10-12,14-17H,5-7,13,18H2,1-4H3,(H,26,27). The molecule has 148 valence electrons. The molecule has 3 nitrogen and oxygen atoms in total. The van der Waals surface area contributed by atoms with Gasteiger partial charge in [-0.1, -0.05) is 0 Å². The van der Waals surface area contributed by atoms with Crippen molar-refractivity contribution in [2.75, 3.05) is 20.7 Å². The van der Waals surface area contributed by atoms with Crippen LogP contribution in [-0.2, 0) is 11.0 Å². The monoisotopic (exact) mass is 487 g/mol. The van der Waals surface area contributed by atoms with Crippen LogP contribution in [0.15, 0.2) is 42.6 Å². The van der Waals surface area contributed by atoms with Crippen LogP contribution in [0.2, 0.25) is 0 Å². The first-order valence-electron chi connectivity index (χ1n) is 9.99. The second-order valence-electron chi connectivity index (χ2n) is 6.74. The van der Waals surface area contributed by atoms with E-state index in [0.717, 1.165) is 23.6 Å². The molecular weight excluding hydrogens is 457 g/mol. The van der Waals surface area contributed by atoms with Crippen molar-refractivity contribution in [2.24, 2.45) is 0 Å². The van der Waals surface area contributed by atoms with E-state index in [4.69, 9.17) is 0 Å². The van der Waals surface area contributed by atoms with E-state index in [1.165, 1.54) is 29.7 Å². The number of hydrogen-bond acceptors (Lipinski definition) is 2. The molecule has 0 spiro atoms. The molecule has 0 unspecified atom stereocenters. The second-order valence-corrected chi connectivity index (χ2v) is 13.8. The Labute approximate surface area is 176 Å². The van der Waals surface area contributed by atoms with Gasteiger partial charge in [-0.2, -0.15) is 0 Å². The van der Waals surface area contributed by atoms with Gasteiger partial charge in [0, 0.05) is 11.9 Å². The molecule has 0 saturated carbocycles. The summed E-state index contributed by atoms with van der Waals surface area (Å²) in [6, 6.07) is 13.3. The maximum absolute atomic E-state index is 4.22. The number of anilines is 1. The molecule has 2 heterocycles. The van der Waals surface area contributed by atoms with Crippen molar-refractivity contribution in [2.45, 2.75) is 38.7 Å². The van der Waals surface area contributed by atoms with Crippen LogP contribution < -0.4 is 5.32 Å². The van der Waals surface area contributed by atoms with Gasteiger partial charge >= 0.3 is 153 Å². The first kappa shape index (κ1) is 20.7. The summed E-state index contributed by atoms with van der Waals surface area (Å²) in [6.45, 7) is 10.5. The number of fused-ring (bicyclic) bond motifs is 1. The number of hydrogen-bond donors (Lipinski definition) is 1. The first-order valence-corrected chi connectivity index (χ1v) is 14.6. The summed E-state index contributed by atoms with van der Waals surface area (Å²) < 4.78 is 6.43. The van der Waals surface area contributed by atoms with Crippen molar-refractivity contribution in [3.8, 4) is 11.8 Å². The fourth-order valence-electron chi connectivity index (χ4n) is 3.38. The fourth-order valence-corrected chi connectivity index (χ4v) is 7.26. The molecule has 2 aromatic heterocycles. The summed E-state index contributed by atoms with van der Waals surface area (Å²) in [7, 11) is 0. The van der Waals surface area contributed by atoms with Gasteiger partial charge in [0.05, 0.1) is 0 Å². The Bertz CT molecular complexity index is 990. The molecule has 0 aliphatic rings. The van der Waals surface area contributed by atoms with Crippen molar-refractivity contribution >= 4 is 36.4 Å². The van der Waals surface area contributed by atoms with Crippen molar-refractivity contribution < 1.29 is 0 Å². The summed E-state index contributed by atoms with van der Waals surface area (Å²) in [5, 5.41) is 4.68. The van der Waals surface area contributed by atoms with Crippen LogP contribution in [0.4, 0.5) is 5.69 Å². The summed E-state index contributed by atoms with van der Waals surface area (Å²) in [6.07, 6.45) is 1.82. The van der Waals surface area contributed by atoms with E-state index >= 15 is 0 Å². The third-order valence-electron chi connectivity index (χ3n) is 4.88. The average molecular weight is 487 g/mol. The van der Waals surface area contributed by atoms with Crippen LogP contribution >= 0.6 is 19.8 Å². The van der Waals surface area contributed by atoms with E-state index in [9.17, 15) is 0 Å². The minimum absolute atomic E-state index is 0.626. The van der Waals surface area contributed by atoms with E-state index in [1.54, 1.807) is 0 Å². The third-order valence-corrected chi connectivity index (χ3v) is 11.1. The van der Waals surface area contributed by atoms with Gasteiger partial charge in [0.1, 0.15) is 0 Å². The Morgan fingerprint density at radius 3 is 2.61 bits per heavy atom. The molecule has 4 heteroatoms. The van der Waals surface area contributed by atoms with Crippen molar-refractivity contribution in [1.29, 1.82) is 0 Å². The molecule has 0 aliphatic heterocycles. The number of nitrogens with zero attached hydrogens (tertiary/aromatic N) is 2. The number of pyridine rings is 1. The molecule has 0 bridgehead atoms. The summed E-state index contributed by atoms with van der Waals surface area (Å²) in [4.78, 5) is 4.22. The van der Waals surface area contributed by atoms with Gasteiger partial charge in [-0.25, -0.2) is 0 Å². The van der Waals surface area contributed by atoms with E-state index in [1.807, 2.05) is 25.3 Å². The predicted molar refractivity (Wildman–Crippen MR) is 131 cm³/mol. The molecule has 0 saturated heterocycles. The predicted octanol–water partition coefficient (Wildman–Crippen LogP) is 5.87. The molecule has 3 aromatic rings. The molecular formula is C24H30IN3. The molecule has 0 radical (unpaired) electrons. The Morgan fingerprint density at radius 2 is 1.89 bits per heavy atom. The fraction of sp³-hybridized carbons (Fsp3) is 0.375. The topological polar surface area (TPSA) is 29.9 Å². The third kappa shape index (κ3) is 5.08. The number of aryl methyl sites for hydroxylation is 2. The normalized spacial score (nSPS) is 11.2. The zero-order chi connectivity index (χ0) is 19.9. The maximum atomic E-state index is 4.22. The van der Waals surface area contributed by atoms with E-state index in [2.05, 4.69) is 71.7 Å². The average Bonchev–Trinajstić information content (AvgIpc) is 3.06. The van der Waals surface area contributed by atoms with Crippen LogP contribution in [0.1, 0.15) is 37.7 Å². The SMILES string of the molecule is CCn1c(C#CCNc2ccnc(C)c2)cc2cc(CI(CC)CC)ccc21. The van der Waals surface area contributed by atoms with Crippen LogP contribution in [0.3, 0.4) is 0 Å². The Morgan fingerprint density at radius 1 is 1.07 bits per heavy atom. The molecule has 0 fully saturated rings.